The molecule has 1 heterocycles. The van der Waals surface area contributed by atoms with Crippen molar-refractivity contribution in [1.82, 2.24) is 8.61 Å². The zero-order chi connectivity index (χ0) is 14.8. The number of nitrogens with two attached hydrogens (primary N) is 1. The van der Waals surface area contributed by atoms with Crippen LogP contribution in [0.25, 0.3) is 0 Å². The average molecular weight is 297 g/mol. The van der Waals surface area contributed by atoms with Gasteiger partial charge in [0.05, 0.1) is 0 Å². The van der Waals surface area contributed by atoms with Crippen molar-refractivity contribution in [2.24, 2.45) is 5.92 Å². The number of rotatable bonds is 4. The van der Waals surface area contributed by atoms with Gasteiger partial charge < -0.3 is 5.73 Å². The third kappa shape index (κ3) is 3.50. The van der Waals surface area contributed by atoms with Gasteiger partial charge in [0, 0.05) is 32.9 Å². The Kier molecular flexibility index (Phi) is 4.67. The molecular weight excluding hydrogens is 274 g/mol. The highest BCUT2D eigenvalue weighted by atomic mass is 32.2. The van der Waals surface area contributed by atoms with E-state index in [-0.39, 0.29) is 0 Å². The van der Waals surface area contributed by atoms with Crippen LogP contribution < -0.4 is 5.73 Å². The predicted molar refractivity (Wildman–Crippen MR) is 81.5 cm³/mol. The Bertz CT molecular complexity index is 532. The standard InChI is InChI=1S/C14H23N3O2S/c1-16(2)20(18,19)17-9-7-13(8-10-17)11-12-3-5-14(15)6-4-12/h3-6,13H,7-11,15H2,1-2H3. The SMILES string of the molecule is CN(C)S(=O)(=O)N1CCC(Cc2ccc(N)cc2)CC1. The molecule has 2 N–H and O–H groups in total. The maximum atomic E-state index is 12.0. The number of hydrogen-bond donors (Lipinski definition) is 1. The topological polar surface area (TPSA) is 66.6 Å². The Morgan fingerprint density at radius 3 is 2.25 bits per heavy atom. The monoisotopic (exact) mass is 297 g/mol. The Morgan fingerprint density at radius 1 is 1.20 bits per heavy atom. The molecule has 20 heavy (non-hydrogen) atoms. The van der Waals surface area contributed by atoms with E-state index in [0.717, 1.165) is 24.9 Å². The van der Waals surface area contributed by atoms with E-state index in [0.29, 0.717) is 19.0 Å². The fraction of sp³-hybridized carbons (Fsp3) is 0.571. The molecule has 0 amide bonds. The first-order chi connectivity index (χ1) is 9.39. The highest BCUT2D eigenvalue weighted by molar-refractivity contribution is 7.86. The summed E-state index contributed by atoms with van der Waals surface area (Å²) in [6.45, 7) is 1.22. The van der Waals surface area contributed by atoms with E-state index in [1.54, 1.807) is 18.4 Å². The molecule has 0 bridgehead atoms. The Hall–Kier alpha value is -1.11. The molecule has 0 aliphatic carbocycles. The second kappa shape index (κ2) is 6.11. The van der Waals surface area contributed by atoms with Gasteiger partial charge >= 0.3 is 0 Å². The van der Waals surface area contributed by atoms with Crippen molar-refractivity contribution < 1.29 is 8.42 Å². The molecule has 1 saturated heterocycles. The van der Waals surface area contributed by atoms with Gasteiger partial charge in [-0.25, -0.2) is 0 Å². The lowest BCUT2D eigenvalue weighted by Gasteiger charge is -2.32. The minimum Gasteiger partial charge on any atom is -0.399 e. The van der Waals surface area contributed by atoms with Crippen LogP contribution in [0.15, 0.2) is 24.3 Å². The highest BCUT2D eigenvalue weighted by Crippen LogP contribution is 2.24. The van der Waals surface area contributed by atoms with Crippen molar-refractivity contribution in [2.45, 2.75) is 19.3 Å². The first kappa shape index (κ1) is 15.3. The summed E-state index contributed by atoms with van der Waals surface area (Å²) in [6.07, 6.45) is 2.82. The van der Waals surface area contributed by atoms with Crippen LogP contribution in [0.5, 0.6) is 0 Å². The summed E-state index contributed by atoms with van der Waals surface area (Å²) in [6, 6.07) is 7.94. The summed E-state index contributed by atoms with van der Waals surface area (Å²) in [5.74, 6) is 0.548. The van der Waals surface area contributed by atoms with E-state index in [1.165, 1.54) is 9.87 Å². The van der Waals surface area contributed by atoms with Crippen LogP contribution in [-0.2, 0) is 16.6 Å². The summed E-state index contributed by atoms with van der Waals surface area (Å²) < 4.78 is 26.9. The van der Waals surface area contributed by atoms with E-state index in [9.17, 15) is 8.42 Å². The van der Waals surface area contributed by atoms with Crippen LogP contribution in [0, 0.1) is 5.92 Å². The molecule has 0 atom stereocenters. The van der Waals surface area contributed by atoms with Crippen molar-refractivity contribution in [3.8, 4) is 0 Å². The quantitative estimate of drug-likeness (QED) is 0.853. The summed E-state index contributed by atoms with van der Waals surface area (Å²) in [5.41, 5.74) is 7.73. The molecule has 0 radical (unpaired) electrons. The molecule has 0 saturated carbocycles. The average Bonchev–Trinajstić information content (AvgIpc) is 2.42. The smallest absolute Gasteiger partial charge is 0.281 e. The number of piperidine rings is 1. The van der Waals surface area contributed by atoms with E-state index in [4.69, 9.17) is 5.73 Å². The molecule has 2 rings (SSSR count). The fourth-order valence-corrected chi connectivity index (χ4v) is 3.70. The van der Waals surface area contributed by atoms with Crippen molar-refractivity contribution in [1.29, 1.82) is 0 Å². The maximum absolute atomic E-state index is 12.0. The van der Waals surface area contributed by atoms with Gasteiger partial charge in [-0.3, -0.25) is 0 Å². The zero-order valence-electron chi connectivity index (χ0n) is 12.1. The molecule has 1 fully saturated rings. The van der Waals surface area contributed by atoms with E-state index in [2.05, 4.69) is 12.1 Å². The van der Waals surface area contributed by atoms with Gasteiger partial charge in [-0.1, -0.05) is 12.1 Å². The van der Waals surface area contributed by atoms with Gasteiger partial charge in [-0.2, -0.15) is 17.0 Å². The Labute approximate surface area is 121 Å². The first-order valence-electron chi connectivity index (χ1n) is 6.91. The van der Waals surface area contributed by atoms with Crippen molar-refractivity contribution in [3.05, 3.63) is 29.8 Å². The zero-order valence-corrected chi connectivity index (χ0v) is 12.9. The van der Waals surface area contributed by atoms with Gasteiger partial charge in [0.2, 0.25) is 0 Å². The van der Waals surface area contributed by atoms with E-state index >= 15 is 0 Å². The van der Waals surface area contributed by atoms with Crippen molar-refractivity contribution >= 4 is 15.9 Å². The minimum atomic E-state index is -3.25. The maximum Gasteiger partial charge on any atom is 0.281 e. The van der Waals surface area contributed by atoms with Gasteiger partial charge in [0.15, 0.2) is 0 Å². The van der Waals surface area contributed by atoms with Gasteiger partial charge in [0.1, 0.15) is 0 Å². The molecule has 0 aromatic heterocycles. The third-order valence-electron chi connectivity index (χ3n) is 3.87. The van der Waals surface area contributed by atoms with Crippen LogP contribution in [0.1, 0.15) is 18.4 Å². The lowest BCUT2D eigenvalue weighted by Crippen LogP contribution is -2.44. The molecule has 112 valence electrons. The first-order valence-corrected chi connectivity index (χ1v) is 8.31. The second-order valence-electron chi connectivity index (χ2n) is 5.58. The molecule has 6 heteroatoms. The lowest BCUT2D eigenvalue weighted by molar-refractivity contribution is 0.262. The molecule has 0 unspecified atom stereocenters. The van der Waals surface area contributed by atoms with E-state index < -0.39 is 10.2 Å². The summed E-state index contributed by atoms with van der Waals surface area (Å²) in [4.78, 5) is 0. The van der Waals surface area contributed by atoms with Crippen LogP contribution in [0.4, 0.5) is 5.69 Å². The molecular formula is C14H23N3O2S. The third-order valence-corrected chi connectivity index (χ3v) is 5.81. The van der Waals surface area contributed by atoms with Crippen LogP contribution in [0.2, 0.25) is 0 Å². The number of nitrogens with zero attached hydrogens (tertiary/aromatic N) is 2. The van der Waals surface area contributed by atoms with E-state index in [1.807, 2.05) is 12.1 Å². The number of hydrogen-bond acceptors (Lipinski definition) is 3. The predicted octanol–water partition coefficient (Wildman–Crippen LogP) is 1.33. The lowest BCUT2D eigenvalue weighted by atomic mass is 9.91. The number of nitrogen functional groups attached to an aromatic ring is 1. The Balaban J connectivity index is 1.90. The number of anilines is 1. The van der Waals surface area contributed by atoms with Gasteiger partial charge in [-0.05, 0) is 42.9 Å². The number of benzene rings is 1. The molecule has 0 spiro atoms. The molecule has 1 aromatic rings. The molecule has 1 aromatic carbocycles. The van der Waals surface area contributed by atoms with Crippen molar-refractivity contribution in [3.63, 3.8) is 0 Å². The summed E-state index contributed by atoms with van der Waals surface area (Å²) >= 11 is 0. The Morgan fingerprint density at radius 2 is 1.75 bits per heavy atom. The molecule has 1 aliphatic rings. The normalized spacial score (nSPS) is 18.6. The van der Waals surface area contributed by atoms with Crippen LogP contribution >= 0.6 is 0 Å². The largest absolute Gasteiger partial charge is 0.399 e. The second-order valence-corrected chi connectivity index (χ2v) is 7.72. The van der Waals surface area contributed by atoms with Crippen molar-refractivity contribution in [2.75, 3.05) is 32.9 Å². The minimum absolute atomic E-state index is 0.548. The van der Waals surface area contributed by atoms with Gasteiger partial charge in [-0.15, -0.1) is 0 Å². The molecule has 1 aliphatic heterocycles. The molecule has 5 nitrogen and oxygen atoms in total. The van der Waals surface area contributed by atoms with Crippen LogP contribution in [0.3, 0.4) is 0 Å². The van der Waals surface area contributed by atoms with Crippen LogP contribution in [-0.4, -0.2) is 44.2 Å². The van der Waals surface area contributed by atoms with Gasteiger partial charge in [0.25, 0.3) is 10.2 Å². The summed E-state index contributed by atoms with van der Waals surface area (Å²) in [5, 5.41) is 0. The summed E-state index contributed by atoms with van der Waals surface area (Å²) in [7, 11) is -0.0934. The fourth-order valence-electron chi connectivity index (χ4n) is 2.56. The highest BCUT2D eigenvalue weighted by Gasteiger charge is 2.29.